The number of benzene rings is 1. The van der Waals surface area contributed by atoms with E-state index in [0.717, 1.165) is 43.0 Å². The molecule has 2 aromatic rings. The zero-order valence-electron chi connectivity index (χ0n) is 11.0. The van der Waals surface area contributed by atoms with E-state index in [-0.39, 0.29) is 5.69 Å². The summed E-state index contributed by atoms with van der Waals surface area (Å²) in [5.41, 5.74) is 1.86. The molecule has 0 aliphatic carbocycles. The summed E-state index contributed by atoms with van der Waals surface area (Å²) in [6, 6.07) is 7.95. The molecule has 19 heavy (non-hydrogen) atoms. The molecule has 0 bridgehead atoms. The number of hydrogen-bond acceptors (Lipinski definition) is 3. The van der Waals surface area contributed by atoms with Crippen molar-refractivity contribution in [2.75, 3.05) is 13.1 Å². The molecule has 0 saturated carbocycles. The minimum atomic E-state index is -0.161. The number of piperidine rings is 1. The number of rotatable bonds is 2. The fourth-order valence-electron chi connectivity index (χ4n) is 2.67. The smallest absolute Gasteiger partial charge is 0.316 e. The fraction of sp³-hybridized carbons (Fsp3) is 0.429. The van der Waals surface area contributed by atoms with Gasteiger partial charge in [0.15, 0.2) is 0 Å². The maximum absolute atomic E-state index is 12.0. The van der Waals surface area contributed by atoms with Gasteiger partial charge in [-0.25, -0.2) is 14.5 Å². The Labute approximate surface area is 111 Å². The Kier molecular flexibility index (Phi) is 3.21. The molecule has 5 heteroatoms. The first-order valence-electron chi connectivity index (χ1n) is 6.71. The lowest BCUT2D eigenvalue weighted by atomic mass is 9.99. The summed E-state index contributed by atoms with van der Waals surface area (Å²) in [6.07, 6.45) is 2.20. The van der Waals surface area contributed by atoms with Crippen LogP contribution >= 0.6 is 0 Å². The van der Waals surface area contributed by atoms with Crippen LogP contribution in [0.3, 0.4) is 0 Å². The molecule has 1 aliphatic rings. The molecular weight excluding hydrogens is 240 g/mol. The van der Waals surface area contributed by atoms with Gasteiger partial charge in [0.25, 0.3) is 0 Å². The third-order valence-electron chi connectivity index (χ3n) is 3.62. The topological polar surface area (TPSA) is 62.7 Å². The molecule has 100 valence electrons. The molecule has 0 amide bonds. The van der Waals surface area contributed by atoms with E-state index in [4.69, 9.17) is 0 Å². The molecule has 3 rings (SSSR count). The lowest BCUT2D eigenvalue weighted by Crippen LogP contribution is -2.31. The molecule has 0 spiro atoms. The van der Waals surface area contributed by atoms with Gasteiger partial charge >= 0.3 is 5.69 Å². The predicted molar refractivity (Wildman–Crippen MR) is 73.8 cm³/mol. The SMILES string of the molecule is Cc1cccc(-n2c(C3CCCNC3)n[nH]c2=O)c1. The van der Waals surface area contributed by atoms with Crippen LogP contribution in [-0.4, -0.2) is 27.9 Å². The summed E-state index contributed by atoms with van der Waals surface area (Å²) in [7, 11) is 0. The Balaban J connectivity index is 2.05. The van der Waals surface area contributed by atoms with Gasteiger partial charge in [-0.1, -0.05) is 12.1 Å². The highest BCUT2D eigenvalue weighted by Crippen LogP contribution is 2.22. The summed E-state index contributed by atoms with van der Waals surface area (Å²) in [4.78, 5) is 12.0. The molecule has 1 aromatic heterocycles. The first-order valence-corrected chi connectivity index (χ1v) is 6.71. The summed E-state index contributed by atoms with van der Waals surface area (Å²) < 4.78 is 1.70. The molecule has 1 saturated heterocycles. The maximum atomic E-state index is 12.0. The van der Waals surface area contributed by atoms with Crippen LogP contribution in [0.2, 0.25) is 0 Å². The molecule has 1 fully saturated rings. The predicted octanol–water partition coefficient (Wildman–Crippen LogP) is 1.34. The highest BCUT2D eigenvalue weighted by molar-refractivity contribution is 5.36. The average Bonchev–Trinajstić information content (AvgIpc) is 2.82. The van der Waals surface area contributed by atoms with E-state index < -0.39 is 0 Å². The van der Waals surface area contributed by atoms with Crippen molar-refractivity contribution in [2.45, 2.75) is 25.7 Å². The zero-order chi connectivity index (χ0) is 13.2. The molecule has 2 heterocycles. The van der Waals surface area contributed by atoms with Crippen LogP contribution in [-0.2, 0) is 0 Å². The van der Waals surface area contributed by atoms with E-state index in [1.54, 1.807) is 4.57 Å². The number of aromatic nitrogens is 3. The molecule has 1 atom stereocenters. The number of H-pyrrole nitrogens is 1. The first-order chi connectivity index (χ1) is 9.25. The molecular formula is C14H18N4O. The minimum absolute atomic E-state index is 0.161. The standard InChI is InChI=1S/C14H18N4O/c1-10-4-2-6-12(8-10)18-13(16-17-14(18)19)11-5-3-7-15-9-11/h2,4,6,8,11,15H,3,5,7,9H2,1H3,(H,17,19). The van der Waals surface area contributed by atoms with Crippen LogP contribution in [0.15, 0.2) is 29.1 Å². The normalized spacial score (nSPS) is 19.5. The Morgan fingerprint density at radius 3 is 3.05 bits per heavy atom. The van der Waals surface area contributed by atoms with Crippen LogP contribution in [0, 0.1) is 6.92 Å². The first kappa shape index (κ1) is 12.2. The van der Waals surface area contributed by atoms with Crippen molar-refractivity contribution in [3.8, 4) is 5.69 Å². The van der Waals surface area contributed by atoms with Crippen LogP contribution in [0.1, 0.15) is 30.1 Å². The molecule has 0 radical (unpaired) electrons. The highest BCUT2D eigenvalue weighted by Gasteiger charge is 2.22. The number of hydrogen-bond donors (Lipinski definition) is 2. The summed E-state index contributed by atoms with van der Waals surface area (Å²) in [6.45, 7) is 3.96. The van der Waals surface area contributed by atoms with Crippen molar-refractivity contribution in [3.63, 3.8) is 0 Å². The highest BCUT2D eigenvalue weighted by atomic mass is 16.1. The second kappa shape index (κ2) is 5.01. The van der Waals surface area contributed by atoms with Crippen molar-refractivity contribution in [2.24, 2.45) is 0 Å². The summed E-state index contributed by atoms with van der Waals surface area (Å²) >= 11 is 0. The van der Waals surface area contributed by atoms with Gasteiger partial charge in [0.2, 0.25) is 0 Å². The van der Waals surface area contributed by atoms with E-state index in [9.17, 15) is 4.79 Å². The van der Waals surface area contributed by atoms with Gasteiger partial charge in [-0.15, -0.1) is 0 Å². The maximum Gasteiger partial charge on any atom is 0.347 e. The van der Waals surface area contributed by atoms with E-state index in [2.05, 4.69) is 15.5 Å². The third-order valence-corrected chi connectivity index (χ3v) is 3.62. The van der Waals surface area contributed by atoms with Crippen LogP contribution < -0.4 is 11.0 Å². The second-order valence-corrected chi connectivity index (χ2v) is 5.10. The Bertz CT molecular complexity index is 622. The van der Waals surface area contributed by atoms with Crippen LogP contribution in [0.5, 0.6) is 0 Å². The van der Waals surface area contributed by atoms with E-state index in [1.165, 1.54) is 0 Å². The molecule has 1 aromatic carbocycles. The van der Waals surface area contributed by atoms with E-state index in [1.807, 2.05) is 31.2 Å². The van der Waals surface area contributed by atoms with Crippen LogP contribution in [0.25, 0.3) is 5.69 Å². The molecule has 1 unspecified atom stereocenters. The quantitative estimate of drug-likeness (QED) is 0.854. The van der Waals surface area contributed by atoms with E-state index in [0.29, 0.717) is 5.92 Å². The zero-order valence-corrected chi connectivity index (χ0v) is 11.0. The summed E-state index contributed by atoms with van der Waals surface area (Å²) in [5, 5.41) is 10.2. The van der Waals surface area contributed by atoms with Gasteiger partial charge < -0.3 is 5.32 Å². The Morgan fingerprint density at radius 1 is 1.42 bits per heavy atom. The van der Waals surface area contributed by atoms with Gasteiger partial charge in [0.1, 0.15) is 5.82 Å². The van der Waals surface area contributed by atoms with Gasteiger partial charge in [0, 0.05) is 12.5 Å². The average molecular weight is 258 g/mol. The minimum Gasteiger partial charge on any atom is -0.316 e. The van der Waals surface area contributed by atoms with Gasteiger partial charge in [-0.2, -0.15) is 5.10 Å². The largest absolute Gasteiger partial charge is 0.347 e. The fourth-order valence-corrected chi connectivity index (χ4v) is 2.67. The van der Waals surface area contributed by atoms with Gasteiger partial charge in [-0.05, 0) is 44.0 Å². The Hall–Kier alpha value is -1.88. The van der Waals surface area contributed by atoms with Crippen LogP contribution in [0.4, 0.5) is 0 Å². The summed E-state index contributed by atoms with van der Waals surface area (Å²) in [5.74, 6) is 1.14. The van der Waals surface area contributed by atoms with Crippen molar-refractivity contribution in [1.82, 2.24) is 20.1 Å². The van der Waals surface area contributed by atoms with Gasteiger partial charge in [0.05, 0.1) is 5.69 Å². The lowest BCUT2D eigenvalue weighted by molar-refractivity contribution is 0.442. The molecule has 2 N–H and O–H groups in total. The second-order valence-electron chi connectivity index (χ2n) is 5.10. The Morgan fingerprint density at radius 2 is 2.32 bits per heavy atom. The van der Waals surface area contributed by atoms with E-state index >= 15 is 0 Å². The van der Waals surface area contributed by atoms with Crippen molar-refractivity contribution < 1.29 is 0 Å². The van der Waals surface area contributed by atoms with Gasteiger partial charge in [-0.3, -0.25) is 0 Å². The third kappa shape index (κ3) is 2.33. The van der Waals surface area contributed by atoms with Crippen molar-refractivity contribution in [1.29, 1.82) is 0 Å². The number of nitrogens with one attached hydrogen (secondary N) is 2. The number of aryl methyl sites for hydroxylation is 1. The number of nitrogens with zero attached hydrogens (tertiary/aromatic N) is 2. The molecule has 1 aliphatic heterocycles. The van der Waals surface area contributed by atoms with Crippen molar-refractivity contribution in [3.05, 3.63) is 46.1 Å². The molecule has 5 nitrogen and oxygen atoms in total. The number of aromatic amines is 1. The van der Waals surface area contributed by atoms with Crippen molar-refractivity contribution >= 4 is 0 Å². The monoisotopic (exact) mass is 258 g/mol. The lowest BCUT2D eigenvalue weighted by Gasteiger charge is -2.22.